The van der Waals surface area contributed by atoms with Gasteiger partial charge in [-0.25, -0.2) is 0 Å². The van der Waals surface area contributed by atoms with Crippen LogP contribution in [-0.4, -0.2) is 41.8 Å². The van der Waals surface area contributed by atoms with E-state index in [1.807, 2.05) is 0 Å². The molecule has 0 spiro atoms. The van der Waals surface area contributed by atoms with Crippen molar-refractivity contribution in [2.24, 2.45) is 0 Å². The molecule has 0 bridgehead atoms. The predicted molar refractivity (Wildman–Crippen MR) is 57.7 cm³/mol. The highest BCUT2D eigenvalue weighted by Gasteiger charge is 2.32. The molecule has 7 heteroatoms. The van der Waals surface area contributed by atoms with Crippen molar-refractivity contribution in [3.63, 3.8) is 0 Å². The van der Waals surface area contributed by atoms with Gasteiger partial charge in [-0.15, -0.1) is 0 Å². The number of aliphatic hydroxyl groups excluding tert-OH is 1. The third-order valence-corrected chi connectivity index (χ3v) is 2.76. The van der Waals surface area contributed by atoms with Crippen molar-refractivity contribution in [1.82, 2.24) is 4.90 Å². The number of aliphatic hydroxyl groups is 1. The average Bonchev–Trinajstić information content (AvgIpc) is 2.67. The van der Waals surface area contributed by atoms with Crippen LogP contribution in [0, 0.1) is 0 Å². The van der Waals surface area contributed by atoms with Crippen LogP contribution in [0.1, 0.15) is 5.56 Å². The first kappa shape index (κ1) is 14.0. The number of nitrogens with zero attached hydrogens (tertiary/aromatic N) is 1. The second-order valence-electron chi connectivity index (χ2n) is 3.46. The van der Waals surface area contributed by atoms with Gasteiger partial charge in [0.2, 0.25) is 5.91 Å². The van der Waals surface area contributed by atoms with Gasteiger partial charge in [0.1, 0.15) is 6.54 Å². The molecule has 3 nitrogen and oxygen atoms in total. The fourth-order valence-corrected chi connectivity index (χ4v) is 1.98. The van der Waals surface area contributed by atoms with E-state index in [9.17, 15) is 18.0 Å². The summed E-state index contributed by atoms with van der Waals surface area (Å²) < 4.78 is 36.6. The molecule has 96 valence electrons. The number of carbonyl (C=O) groups is 1. The van der Waals surface area contributed by atoms with Crippen molar-refractivity contribution in [3.05, 3.63) is 22.4 Å². The quantitative estimate of drug-likeness (QED) is 0.881. The van der Waals surface area contributed by atoms with Gasteiger partial charge in [-0.3, -0.25) is 4.79 Å². The smallest absolute Gasteiger partial charge is 0.395 e. The highest BCUT2D eigenvalue weighted by atomic mass is 32.1. The van der Waals surface area contributed by atoms with Gasteiger partial charge < -0.3 is 10.0 Å². The van der Waals surface area contributed by atoms with E-state index in [0.717, 1.165) is 0 Å². The van der Waals surface area contributed by atoms with E-state index < -0.39 is 25.2 Å². The van der Waals surface area contributed by atoms with E-state index in [1.54, 1.807) is 16.8 Å². The fourth-order valence-electron chi connectivity index (χ4n) is 1.31. The van der Waals surface area contributed by atoms with Crippen LogP contribution in [0.25, 0.3) is 0 Å². The molecule has 0 atom stereocenters. The SMILES string of the molecule is O=C(Cc1ccsc1)N(CCO)CC(F)(F)F. The molecule has 1 aromatic rings. The fraction of sp³-hybridized carbons (Fsp3) is 0.500. The van der Waals surface area contributed by atoms with E-state index in [-0.39, 0.29) is 13.0 Å². The molecule has 0 aliphatic heterocycles. The summed E-state index contributed by atoms with van der Waals surface area (Å²) in [5.74, 6) is -0.630. The molecule has 17 heavy (non-hydrogen) atoms. The van der Waals surface area contributed by atoms with Crippen LogP contribution in [0.2, 0.25) is 0 Å². The Morgan fingerprint density at radius 2 is 2.18 bits per heavy atom. The zero-order valence-corrected chi connectivity index (χ0v) is 9.72. The maximum Gasteiger partial charge on any atom is 0.406 e. The zero-order valence-electron chi connectivity index (χ0n) is 8.91. The van der Waals surface area contributed by atoms with E-state index in [2.05, 4.69) is 0 Å². The summed E-state index contributed by atoms with van der Waals surface area (Å²) in [6.07, 6.45) is -4.51. The van der Waals surface area contributed by atoms with Crippen LogP contribution in [0.3, 0.4) is 0 Å². The first-order chi connectivity index (χ1) is 7.92. The lowest BCUT2D eigenvalue weighted by molar-refractivity contribution is -0.161. The molecule has 0 fully saturated rings. The largest absolute Gasteiger partial charge is 0.406 e. The van der Waals surface area contributed by atoms with E-state index in [4.69, 9.17) is 5.11 Å². The Morgan fingerprint density at radius 1 is 1.47 bits per heavy atom. The Labute approximate surface area is 100 Å². The van der Waals surface area contributed by atoms with E-state index in [0.29, 0.717) is 10.5 Å². The number of thiophene rings is 1. The topological polar surface area (TPSA) is 40.5 Å². The number of amides is 1. The van der Waals surface area contributed by atoms with Gasteiger partial charge >= 0.3 is 6.18 Å². The van der Waals surface area contributed by atoms with Gasteiger partial charge in [0.05, 0.1) is 13.0 Å². The lowest BCUT2D eigenvalue weighted by Gasteiger charge is -2.22. The number of carbonyl (C=O) groups excluding carboxylic acids is 1. The average molecular weight is 267 g/mol. The highest BCUT2D eigenvalue weighted by Crippen LogP contribution is 2.17. The summed E-state index contributed by atoms with van der Waals surface area (Å²) in [4.78, 5) is 12.2. The number of hydrogen-bond donors (Lipinski definition) is 1. The van der Waals surface area contributed by atoms with Crippen molar-refractivity contribution in [3.8, 4) is 0 Å². The summed E-state index contributed by atoms with van der Waals surface area (Å²) in [7, 11) is 0. The van der Waals surface area contributed by atoms with Crippen molar-refractivity contribution in [2.45, 2.75) is 12.6 Å². The number of alkyl halides is 3. The minimum Gasteiger partial charge on any atom is -0.395 e. The third kappa shape index (κ3) is 5.18. The Kier molecular flexibility index (Phi) is 4.95. The predicted octanol–water partition coefficient (Wildman–Crippen LogP) is 1.67. The first-order valence-corrected chi connectivity index (χ1v) is 5.83. The Hall–Kier alpha value is -1.08. The normalized spacial score (nSPS) is 11.5. The van der Waals surface area contributed by atoms with Crippen LogP contribution in [0.5, 0.6) is 0 Å². The molecule has 0 aliphatic carbocycles. The van der Waals surface area contributed by atoms with Gasteiger partial charge in [-0.05, 0) is 22.4 Å². The lowest BCUT2D eigenvalue weighted by atomic mass is 10.2. The standard InChI is InChI=1S/C10H12F3NO2S/c11-10(12,13)7-14(2-3-15)9(16)5-8-1-4-17-6-8/h1,4,6,15H,2-3,5,7H2. The molecule has 0 aliphatic rings. The number of rotatable bonds is 5. The molecule has 0 saturated carbocycles. The Bertz CT molecular complexity index is 351. The minimum atomic E-state index is -4.44. The molecular formula is C10H12F3NO2S. The summed E-state index contributed by atoms with van der Waals surface area (Å²) in [5, 5.41) is 12.1. The zero-order chi connectivity index (χ0) is 12.9. The summed E-state index contributed by atoms with van der Waals surface area (Å²) in [6.45, 7) is -2.11. The maximum atomic E-state index is 12.2. The molecule has 1 rings (SSSR count). The summed E-state index contributed by atoms with van der Waals surface area (Å²) >= 11 is 1.38. The van der Waals surface area contributed by atoms with Crippen molar-refractivity contribution in [1.29, 1.82) is 0 Å². The van der Waals surface area contributed by atoms with Gasteiger partial charge in [0.25, 0.3) is 0 Å². The molecule has 0 radical (unpaired) electrons. The molecule has 0 saturated heterocycles. The first-order valence-electron chi connectivity index (χ1n) is 4.89. The van der Waals surface area contributed by atoms with Crippen LogP contribution in [-0.2, 0) is 11.2 Å². The third-order valence-electron chi connectivity index (χ3n) is 2.03. The number of hydrogen-bond acceptors (Lipinski definition) is 3. The molecule has 1 heterocycles. The van der Waals surface area contributed by atoms with Crippen molar-refractivity contribution < 1.29 is 23.1 Å². The summed E-state index contributed by atoms with van der Waals surface area (Å²) in [5.41, 5.74) is 0.685. The van der Waals surface area contributed by atoms with Crippen LogP contribution < -0.4 is 0 Å². The van der Waals surface area contributed by atoms with E-state index in [1.165, 1.54) is 11.3 Å². The molecule has 1 N–H and O–H groups in total. The molecule has 0 unspecified atom stereocenters. The van der Waals surface area contributed by atoms with Gasteiger partial charge in [0.15, 0.2) is 0 Å². The van der Waals surface area contributed by atoms with Crippen molar-refractivity contribution in [2.75, 3.05) is 19.7 Å². The van der Waals surface area contributed by atoms with Crippen molar-refractivity contribution >= 4 is 17.2 Å². The molecular weight excluding hydrogens is 255 g/mol. The van der Waals surface area contributed by atoms with Gasteiger partial charge in [-0.1, -0.05) is 0 Å². The Morgan fingerprint density at radius 3 is 2.65 bits per heavy atom. The molecule has 1 amide bonds. The summed E-state index contributed by atoms with van der Waals surface area (Å²) in [6, 6.07) is 1.69. The minimum absolute atomic E-state index is 0.0699. The van der Waals surface area contributed by atoms with Gasteiger partial charge in [0, 0.05) is 6.54 Å². The van der Waals surface area contributed by atoms with Crippen LogP contribution in [0.15, 0.2) is 16.8 Å². The monoisotopic (exact) mass is 267 g/mol. The molecule has 1 aromatic heterocycles. The molecule has 0 aromatic carbocycles. The second kappa shape index (κ2) is 6.02. The highest BCUT2D eigenvalue weighted by molar-refractivity contribution is 7.07. The van der Waals surface area contributed by atoms with Crippen LogP contribution in [0.4, 0.5) is 13.2 Å². The van der Waals surface area contributed by atoms with Crippen LogP contribution >= 0.6 is 11.3 Å². The second-order valence-corrected chi connectivity index (χ2v) is 4.24. The van der Waals surface area contributed by atoms with E-state index >= 15 is 0 Å². The van der Waals surface area contributed by atoms with Gasteiger partial charge in [-0.2, -0.15) is 24.5 Å². The lowest BCUT2D eigenvalue weighted by Crippen LogP contribution is -2.41. The number of halogens is 3. The Balaban J connectivity index is 2.60. The maximum absolute atomic E-state index is 12.2.